The van der Waals surface area contributed by atoms with E-state index in [0.717, 1.165) is 0 Å². The molecule has 0 saturated carbocycles. The standard InChI is InChI=1S/C11H9N3O2S/c1-14-17(15,16)11-4-2-9(3-5-11)6-10(7-12)8-13/h2-6,14H,1H3. The summed E-state index contributed by atoms with van der Waals surface area (Å²) in [5.41, 5.74) is 0.562. The summed E-state index contributed by atoms with van der Waals surface area (Å²) in [6, 6.07) is 9.32. The van der Waals surface area contributed by atoms with E-state index in [1.54, 1.807) is 12.1 Å². The molecule has 0 bridgehead atoms. The van der Waals surface area contributed by atoms with E-state index in [-0.39, 0.29) is 10.5 Å². The van der Waals surface area contributed by atoms with E-state index >= 15 is 0 Å². The minimum Gasteiger partial charge on any atom is -0.214 e. The van der Waals surface area contributed by atoms with E-state index in [4.69, 9.17) is 10.5 Å². The first-order valence-electron chi connectivity index (χ1n) is 4.59. The molecular formula is C11H9N3O2S. The molecule has 6 heteroatoms. The molecule has 0 heterocycles. The van der Waals surface area contributed by atoms with Crippen LogP contribution >= 0.6 is 0 Å². The summed E-state index contributed by atoms with van der Waals surface area (Å²) in [6.45, 7) is 0. The summed E-state index contributed by atoms with van der Waals surface area (Å²) in [6.07, 6.45) is 1.38. The van der Waals surface area contributed by atoms with Gasteiger partial charge in [0.05, 0.1) is 4.90 Å². The van der Waals surface area contributed by atoms with Crippen molar-refractivity contribution in [2.45, 2.75) is 4.90 Å². The van der Waals surface area contributed by atoms with Gasteiger partial charge in [0, 0.05) is 0 Å². The minimum atomic E-state index is -3.46. The SMILES string of the molecule is CNS(=O)(=O)c1ccc(C=C(C#N)C#N)cc1. The molecule has 86 valence electrons. The van der Waals surface area contributed by atoms with Gasteiger partial charge in [-0.3, -0.25) is 0 Å². The fourth-order valence-electron chi connectivity index (χ4n) is 1.12. The van der Waals surface area contributed by atoms with Crippen LogP contribution < -0.4 is 4.72 Å². The van der Waals surface area contributed by atoms with E-state index in [1.807, 2.05) is 0 Å². The second-order valence-electron chi connectivity index (χ2n) is 3.06. The molecule has 1 aromatic carbocycles. The fourth-order valence-corrected chi connectivity index (χ4v) is 1.85. The molecule has 0 saturated heterocycles. The molecule has 0 aliphatic rings. The lowest BCUT2D eigenvalue weighted by Crippen LogP contribution is -2.18. The molecule has 17 heavy (non-hydrogen) atoms. The molecule has 0 spiro atoms. The van der Waals surface area contributed by atoms with E-state index in [0.29, 0.717) is 5.56 Å². The first-order chi connectivity index (χ1) is 8.03. The number of hydrogen-bond acceptors (Lipinski definition) is 4. The Balaban J connectivity index is 3.11. The maximum Gasteiger partial charge on any atom is 0.240 e. The fraction of sp³-hybridized carbons (Fsp3) is 0.0909. The van der Waals surface area contributed by atoms with Crippen LogP contribution in [0.15, 0.2) is 34.7 Å². The van der Waals surface area contributed by atoms with Gasteiger partial charge >= 0.3 is 0 Å². The lowest BCUT2D eigenvalue weighted by molar-refractivity contribution is 0.588. The zero-order valence-corrected chi connectivity index (χ0v) is 9.82. The first-order valence-corrected chi connectivity index (χ1v) is 6.07. The molecule has 0 aliphatic carbocycles. The van der Waals surface area contributed by atoms with Crippen LogP contribution in [0, 0.1) is 22.7 Å². The molecule has 0 aliphatic heterocycles. The Hall–Kier alpha value is -2.15. The largest absolute Gasteiger partial charge is 0.240 e. The summed E-state index contributed by atoms with van der Waals surface area (Å²) >= 11 is 0. The Bertz CT molecular complexity index is 600. The highest BCUT2D eigenvalue weighted by molar-refractivity contribution is 7.89. The maximum absolute atomic E-state index is 11.4. The van der Waals surface area contributed by atoms with Crippen molar-refractivity contribution >= 4 is 16.1 Å². The van der Waals surface area contributed by atoms with Crippen LogP contribution in [-0.2, 0) is 10.0 Å². The monoisotopic (exact) mass is 247 g/mol. The number of rotatable bonds is 3. The van der Waals surface area contributed by atoms with E-state index in [1.165, 1.54) is 37.4 Å². The third kappa shape index (κ3) is 3.15. The Morgan fingerprint density at radius 3 is 2.18 bits per heavy atom. The summed E-state index contributed by atoms with van der Waals surface area (Å²) in [4.78, 5) is 0.132. The molecule has 0 aromatic heterocycles. The average molecular weight is 247 g/mol. The van der Waals surface area contributed by atoms with Crippen LogP contribution in [0.3, 0.4) is 0 Å². The number of nitrogens with one attached hydrogen (secondary N) is 1. The third-order valence-electron chi connectivity index (χ3n) is 2.01. The van der Waals surface area contributed by atoms with Crippen molar-refractivity contribution in [3.63, 3.8) is 0 Å². The van der Waals surface area contributed by atoms with Crippen molar-refractivity contribution in [3.8, 4) is 12.1 Å². The predicted octanol–water partition coefficient (Wildman–Crippen LogP) is 1.03. The molecular weight excluding hydrogens is 238 g/mol. The van der Waals surface area contributed by atoms with Gasteiger partial charge in [-0.1, -0.05) is 12.1 Å². The van der Waals surface area contributed by atoms with Gasteiger partial charge in [0.2, 0.25) is 10.0 Å². The zero-order valence-electron chi connectivity index (χ0n) is 9.01. The van der Waals surface area contributed by atoms with Crippen LogP contribution in [0.1, 0.15) is 5.56 Å². The van der Waals surface area contributed by atoms with Crippen LogP contribution in [0.5, 0.6) is 0 Å². The summed E-state index contributed by atoms with van der Waals surface area (Å²) in [5.74, 6) is 0. The van der Waals surface area contributed by atoms with Gasteiger partial charge in [-0.25, -0.2) is 13.1 Å². The van der Waals surface area contributed by atoms with Crippen molar-refractivity contribution in [1.29, 1.82) is 10.5 Å². The van der Waals surface area contributed by atoms with Gasteiger partial charge < -0.3 is 0 Å². The molecule has 1 rings (SSSR count). The quantitative estimate of drug-likeness (QED) is 0.807. The van der Waals surface area contributed by atoms with Gasteiger partial charge in [0.1, 0.15) is 17.7 Å². The Labute approximate surface area is 99.7 Å². The Kier molecular flexibility index (Phi) is 4.00. The predicted molar refractivity (Wildman–Crippen MR) is 61.9 cm³/mol. The molecule has 0 atom stereocenters. The van der Waals surface area contributed by atoms with Crippen molar-refractivity contribution in [1.82, 2.24) is 4.72 Å². The lowest BCUT2D eigenvalue weighted by atomic mass is 10.1. The summed E-state index contributed by atoms with van der Waals surface area (Å²) in [7, 11) is -2.13. The second-order valence-corrected chi connectivity index (χ2v) is 4.94. The van der Waals surface area contributed by atoms with Crippen molar-refractivity contribution < 1.29 is 8.42 Å². The molecule has 1 N–H and O–H groups in total. The number of allylic oxidation sites excluding steroid dienone is 1. The topological polar surface area (TPSA) is 93.8 Å². The number of benzene rings is 1. The smallest absolute Gasteiger partial charge is 0.214 e. The van der Waals surface area contributed by atoms with Crippen molar-refractivity contribution in [2.75, 3.05) is 7.05 Å². The maximum atomic E-state index is 11.4. The second kappa shape index (κ2) is 5.26. The highest BCUT2D eigenvalue weighted by Gasteiger charge is 2.09. The van der Waals surface area contributed by atoms with Crippen LogP contribution in [0.25, 0.3) is 6.08 Å². The van der Waals surface area contributed by atoms with Crippen LogP contribution in [0.2, 0.25) is 0 Å². The molecule has 0 unspecified atom stereocenters. The summed E-state index contributed by atoms with van der Waals surface area (Å²) in [5, 5.41) is 17.1. The average Bonchev–Trinajstić information content (AvgIpc) is 2.36. The van der Waals surface area contributed by atoms with Gasteiger partial charge in [-0.2, -0.15) is 10.5 Å². The first kappa shape index (κ1) is 12.9. The van der Waals surface area contributed by atoms with Gasteiger partial charge in [0.15, 0.2) is 0 Å². The van der Waals surface area contributed by atoms with Crippen molar-refractivity contribution in [3.05, 3.63) is 35.4 Å². The Morgan fingerprint density at radius 2 is 1.76 bits per heavy atom. The molecule has 0 radical (unpaired) electrons. The van der Waals surface area contributed by atoms with Gasteiger partial charge in [-0.05, 0) is 30.8 Å². The van der Waals surface area contributed by atoms with Crippen molar-refractivity contribution in [2.24, 2.45) is 0 Å². The number of hydrogen-bond donors (Lipinski definition) is 1. The third-order valence-corrected chi connectivity index (χ3v) is 3.44. The number of nitrogens with zero attached hydrogens (tertiary/aromatic N) is 2. The summed E-state index contributed by atoms with van der Waals surface area (Å²) < 4.78 is 25.0. The lowest BCUT2D eigenvalue weighted by Gasteiger charge is -2.02. The normalized spacial score (nSPS) is 10.1. The van der Waals surface area contributed by atoms with Crippen LogP contribution in [0.4, 0.5) is 0 Å². The van der Waals surface area contributed by atoms with E-state index in [9.17, 15) is 8.42 Å². The molecule has 1 aromatic rings. The zero-order chi connectivity index (χ0) is 12.9. The van der Waals surface area contributed by atoms with Gasteiger partial charge in [-0.15, -0.1) is 0 Å². The van der Waals surface area contributed by atoms with Gasteiger partial charge in [0.25, 0.3) is 0 Å². The highest BCUT2D eigenvalue weighted by Crippen LogP contribution is 2.12. The van der Waals surface area contributed by atoms with E-state index in [2.05, 4.69) is 4.72 Å². The minimum absolute atomic E-state index is 0.0331. The number of nitriles is 2. The van der Waals surface area contributed by atoms with E-state index < -0.39 is 10.0 Å². The Morgan fingerprint density at radius 1 is 1.24 bits per heavy atom. The molecule has 5 nitrogen and oxygen atoms in total. The van der Waals surface area contributed by atoms with Crippen LogP contribution in [-0.4, -0.2) is 15.5 Å². The molecule has 0 amide bonds. The highest BCUT2D eigenvalue weighted by atomic mass is 32.2. The number of sulfonamides is 1. The molecule has 0 fully saturated rings.